The number of carbonyl (C=O) groups is 1. The van der Waals surface area contributed by atoms with E-state index in [2.05, 4.69) is 46.3 Å². The molecule has 1 spiro atoms. The van der Waals surface area contributed by atoms with E-state index in [4.69, 9.17) is 0 Å². The van der Waals surface area contributed by atoms with Gasteiger partial charge < -0.3 is 9.80 Å². The number of halogens is 1. The van der Waals surface area contributed by atoms with Crippen LogP contribution in [0.25, 0.3) is 10.8 Å². The molecule has 0 radical (unpaired) electrons. The second-order valence-corrected chi connectivity index (χ2v) is 10.3. The lowest BCUT2D eigenvalue weighted by Crippen LogP contribution is -2.66. The first kappa shape index (κ1) is 23.4. The average molecular weight is 497 g/mol. The van der Waals surface area contributed by atoms with Crippen molar-refractivity contribution in [3.8, 4) is 0 Å². The largest absolute Gasteiger partial charge is 0.371 e. The molecule has 6 rings (SSSR count). The second-order valence-electron chi connectivity index (χ2n) is 10.3. The molecule has 2 aliphatic rings. The summed E-state index contributed by atoms with van der Waals surface area (Å²) in [6, 6.07) is 20.5. The highest BCUT2D eigenvalue weighted by Gasteiger charge is 2.49. The zero-order valence-corrected chi connectivity index (χ0v) is 20.8. The van der Waals surface area contributed by atoms with Crippen molar-refractivity contribution >= 4 is 22.4 Å². The van der Waals surface area contributed by atoms with Gasteiger partial charge in [-0.15, -0.1) is 0 Å². The van der Waals surface area contributed by atoms with E-state index < -0.39 is 5.82 Å². The van der Waals surface area contributed by atoms with Crippen LogP contribution in [0.2, 0.25) is 0 Å². The van der Waals surface area contributed by atoms with Crippen LogP contribution in [-0.4, -0.2) is 46.2 Å². The fraction of sp³-hybridized carbons (Fsp3) is 0.300. The minimum absolute atomic E-state index is 0.103. The Bertz CT molecular complexity index is 1540. The Morgan fingerprint density at radius 3 is 2.38 bits per heavy atom. The van der Waals surface area contributed by atoms with Gasteiger partial charge in [-0.3, -0.25) is 9.59 Å². The van der Waals surface area contributed by atoms with Gasteiger partial charge in [0, 0.05) is 42.7 Å². The molecular formula is C30H29FN4O2. The van der Waals surface area contributed by atoms with Gasteiger partial charge in [-0.05, 0) is 62.1 Å². The van der Waals surface area contributed by atoms with Crippen molar-refractivity contribution in [2.24, 2.45) is 0 Å². The second kappa shape index (κ2) is 9.14. The van der Waals surface area contributed by atoms with Gasteiger partial charge in [0.1, 0.15) is 5.82 Å². The number of rotatable bonds is 4. The molecule has 6 nitrogen and oxygen atoms in total. The molecule has 0 saturated carbocycles. The number of likely N-dealkylation sites (tertiary alicyclic amines) is 1. The standard InChI is InChI=1S/C30H29FN4O2/c1-20-6-9-22(10-7-20)34-15-12-30(13-16-34)14-17-35(30)29(37)25-18-21(8-11-26(25)31)19-27-23-4-2-3-5-24(23)28(36)33-32-27/h2-11,18H,12-17,19H2,1H3,(H,33,36). The van der Waals surface area contributed by atoms with Crippen molar-refractivity contribution in [1.82, 2.24) is 15.1 Å². The van der Waals surface area contributed by atoms with Crippen LogP contribution in [0.1, 0.15) is 46.4 Å². The predicted molar refractivity (Wildman–Crippen MR) is 143 cm³/mol. The highest BCUT2D eigenvalue weighted by molar-refractivity contribution is 5.96. The first-order valence-corrected chi connectivity index (χ1v) is 12.8. The molecule has 188 valence electrons. The van der Waals surface area contributed by atoms with Gasteiger partial charge in [0.2, 0.25) is 0 Å². The van der Waals surface area contributed by atoms with Crippen molar-refractivity contribution in [1.29, 1.82) is 0 Å². The highest BCUT2D eigenvalue weighted by Crippen LogP contribution is 2.42. The Morgan fingerprint density at radius 2 is 1.68 bits per heavy atom. The summed E-state index contributed by atoms with van der Waals surface area (Å²) >= 11 is 0. The van der Waals surface area contributed by atoms with Gasteiger partial charge in [-0.25, -0.2) is 9.49 Å². The minimum atomic E-state index is -0.507. The molecule has 0 aliphatic carbocycles. The fourth-order valence-electron chi connectivity index (χ4n) is 5.80. The lowest BCUT2D eigenvalue weighted by Gasteiger charge is -2.56. The van der Waals surface area contributed by atoms with Crippen LogP contribution in [-0.2, 0) is 6.42 Å². The molecule has 3 aromatic carbocycles. The Morgan fingerprint density at radius 1 is 0.973 bits per heavy atom. The molecule has 2 aliphatic heterocycles. The quantitative estimate of drug-likeness (QED) is 0.439. The number of nitrogens with zero attached hydrogens (tertiary/aromatic N) is 3. The molecular weight excluding hydrogens is 467 g/mol. The molecule has 4 aromatic rings. The zero-order chi connectivity index (χ0) is 25.6. The maximum absolute atomic E-state index is 14.9. The first-order valence-electron chi connectivity index (χ1n) is 12.8. The molecule has 1 amide bonds. The van der Waals surface area contributed by atoms with E-state index in [9.17, 15) is 14.0 Å². The number of hydrogen-bond acceptors (Lipinski definition) is 4. The maximum atomic E-state index is 14.9. The SMILES string of the molecule is Cc1ccc(N2CCC3(CC2)CCN3C(=O)c2cc(Cc3n[nH]c(=O)c4ccccc34)ccc2F)cc1. The monoisotopic (exact) mass is 496 g/mol. The predicted octanol–water partition coefficient (Wildman–Crippen LogP) is 4.85. The number of hydrogen-bond donors (Lipinski definition) is 1. The molecule has 0 bridgehead atoms. The normalized spacial score (nSPS) is 16.7. The maximum Gasteiger partial charge on any atom is 0.272 e. The number of amides is 1. The highest BCUT2D eigenvalue weighted by atomic mass is 19.1. The minimum Gasteiger partial charge on any atom is -0.371 e. The van der Waals surface area contributed by atoms with Crippen molar-refractivity contribution in [2.45, 2.75) is 38.1 Å². The molecule has 2 fully saturated rings. The van der Waals surface area contributed by atoms with Crippen molar-refractivity contribution in [3.05, 3.63) is 105 Å². The van der Waals surface area contributed by atoms with Crippen LogP contribution in [0.5, 0.6) is 0 Å². The molecule has 0 unspecified atom stereocenters. The van der Waals surface area contributed by atoms with Crippen molar-refractivity contribution in [3.63, 3.8) is 0 Å². The Labute approximate surface area is 214 Å². The summed E-state index contributed by atoms with van der Waals surface area (Å²) in [4.78, 5) is 30.0. The number of carbonyl (C=O) groups excluding carboxylic acids is 1. The van der Waals surface area contributed by atoms with Gasteiger partial charge in [0.25, 0.3) is 11.5 Å². The molecule has 1 N–H and O–H groups in total. The number of piperidine rings is 1. The third-order valence-corrected chi connectivity index (χ3v) is 8.12. The molecule has 2 saturated heterocycles. The summed E-state index contributed by atoms with van der Waals surface area (Å²) in [6.07, 6.45) is 3.09. The summed E-state index contributed by atoms with van der Waals surface area (Å²) in [5.41, 5.74) is 3.57. The molecule has 1 aromatic heterocycles. The number of anilines is 1. The van der Waals surface area contributed by atoms with E-state index in [1.807, 2.05) is 23.1 Å². The third-order valence-electron chi connectivity index (χ3n) is 8.12. The average Bonchev–Trinajstić information content (AvgIpc) is 2.91. The van der Waals surface area contributed by atoms with Crippen LogP contribution in [0.15, 0.2) is 71.5 Å². The number of aromatic nitrogens is 2. The molecule has 7 heteroatoms. The van der Waals surface area contributed by atoms with Crippen LogP contribution in [0, 0.1) is 12.7 Å². The summed E-state index contributed by atoms with van der Waals surface area (Å²) in [5.74, 6) is -0.749. The topological polar surface area (TPSA) is 69.3 Å². The summed E-state index contributed by atoms with van der Waals surface area (Å²) < 4.78 is 14.9. The van der Waals surface area contributed by atoms with E-state index in [0.717, 1.165) is 43.3 Å². The van der Waals surface area contributed by atoms with E-state index in [1.54, 1.807) is 18.2 Å². The van der Waals surface area contributed by atoms with Crippen LogP contribution >= 0.6 is 0 Å². The number of benzene rings is 3. The molecule has 0 atom stereocenters. The van der Waals surface area contributed by atoms with Crippen molar-refractivity contribution < 1.29 is 9.18 Å². The van der Waals surface area contributed by atoms with Gasteiger partial charge in [0.05, 0.1) is 16.6 Å². The van der Waals surface area contributed by atoms with Gasteiger partial charge in [-0.1, -0.05) is 42.0 Å². The summed E-state index contributed by atoms with van der Waals surface area (Å²) in [7, 11) is 0. The Hall–Kier alpha value is -4.00. The van der Waals surface area contributed by atoms with E-state index in [1.165, 1.54) is 17.3 Å². The smallest absolute Gasteiger partial charge is 0.272 e. The molecule has 37 heavy (non-hydrogen) atoms. The first-order chi connectivity index (χ1) is 17.9. The molecule has 3 heterocycles. The zero-order valence-electron chi connectivity index (χ0n) is 20.8. The Balaban J connectivity index is 1.21. The fourth-order valence-corrected chi connectivity index (χ4v) is 5.80. The van der Waals surface area contributed by atoms with Gasteiger partial charge in [0.15, 0.2) is 0 Å². The third kappa shape index (κ3) is 4.18. The number of aromatic amines is 1. The van der Waals surface area contributed by atoms with Crippen LogP contribution in [0.3, 0.4) is 0 Å². The Kier molecular flexibility index (Phi) is 5.78. The van der Waals surface area contributed by atoms with E-state index in [-0.39, 0.29) is 22.6 Å². The number of aryl methyl sites for hydroxylation is 1. The summed E-state index contributed by atoms with van der Waals surface area (Å²) in [5, 5.41) is 8.10. The van der Waals surface area contributed by atoms with Gasteiger partial charge in [-0.2, -0.15) is 5.10 Å². The van der Waals surface area contributed by atoms with E-state index >= 15 is 0 Å². The van der Waals surface area contributed by atoms with Gasteiger partial charge >= 0.3 is 0 Å². The lowest BCUT2D eigenvalue weighted by molar-refractivity contribution is -0.0164. The number of H-pyrrole nitrogens is 1. The van der Waals surface area contributed by atoms with Crippen LogP contribution < -0.4 is 10.5 Å². The summed E-state index contributed by atoms with van der Waals surface area (Å²) in [6.45, 7) is 4.49. The number of nitrogens with one attached hydrogen (secondary N) is 1. The van der Waals surface area contributed by atoms with E-state index in [0.29, 0.717) is 24.0 Å². The number of fused-ring (bicyclic) bond motifs is 1. The van der Waals surface area contributed by atoms with Crippen LogP contribution in [0.4, 0.5) is 10.1 Å². The lowest BCUT2D eigenvalue weighted by atomic mass is 9.75. The van der Waals surface area contributed by atoms with Crippen molar-refractivity contribution in [2.75, 3.05) is 24.5 Å².